The highest BCUT2D eigenvalue weighted by molar-refractivity contribution is 6.49. The fourth-order valence-corrected chi connectivity index (χ4v) is 3.16. The van der Waals surface area contributed by atoms with Crippen LogP contribution >= 0.6 is 0 Å². The minimum atomic E-state index is -0.466. The second kappa shape index (κ2) is 8.93. The average Bonchev–Trinajstić information content (AvgIpc) is 2.83. The molecule has 0 aliphatic carbocycles. The van der Waals surface area contributed by atoms with E-state index in [0.29, 0.717) is 11.1 Å². The van der Waals surface area contributed by atoms with E-state index in [9.17, 15) is 9.59 Å². The maximum atomic E-state index is 11.8. The number of fused-ring (bicyclic) bond motifs is 2. The predicted octanol–water partition coefficient (Wildman–Crippen LogP) is 6.14. The molecule has 0 saturated carbocycles. The van der Waals surface area contributed by atoms with Crippen LogP contribution < -0.4 is 0 Å². The third kappa shape index (κ3) is 4.31. The molecule has 1 heterocycles. The minimum Gasteiger partial charge on any atom is -0.285 e. The Morgan fingerprint density at radius 2 is 0.833 bits per heavy atom. The van der Waals surface area contributed by atoms with Crippen LogP contribution in [-0.2, 0) is 0 Å². The van der Waals surface area contributed by atoms with Gasteiger partial charge in [0.25, 0.3) is 0 Å². The summed E-state index contributed by atoms with van der Waals surface area (Å²) in [4.78, 5) is 28.2. The van der Waals surface area contributed by atoms with Crippen LogP contribution in [-0.4, -0.2) is 16.6 Å². The molecule has 3 nitrogen and oxygen atoms in total. The molecule has 0 radical (unpaired) electrons. The molecule has 0 spiro atoms. The van der Waals surface area contributed by atoms with Gasteiger partial charge in [-0.15, -0.1) is 0 Å². The normalized spacial score (nSPS) is 10.3. The molecule has 1 aromatic heterocycles. The Balaban J connectivity index is 0.000000146. The van der Waals surface area contributed by atoms with Gasteiger partial charge in [0.05, 0.1) is 11.0 Å². The van der Waals surface area contributed by atoms with E-state index in [1.165, 1.54) is 10.8 Å². The van der Waals surface area contributed by atoms with Crippen LogP contribution in [0.2, 0.25) is 0 Å². The Hall–Kier alpha value is -4.11. The molecular weight excluding hydrogens is 370 g/mol. The van der Waals surface area contributed by atoms with Crippen molar-refractivity contribution in [3.63, 3.8) is 0 Å². The summed E-state index contributed by atoms with van der Waals surface area (Å²) >= 11 is 0. The number of hydrogen-bond acceptors (Lipinski definition) is 3. The third-order valence-corrected chi connectivity index (χ3v) is 4.70. The molecule has 3 heteroatoms. The first kappa shape index (κ1) is 19.2. The molecule has 4 aromatic carbocycles. The summed E-state index contributed by atoms with van der Waals surface area (Å²) in [6.45, 7) is 0. The lowest BCUT2D eigenvalue weighted by Gasteiger charge is -1.99. The Kier molecular flexibility index (Phi) is 5.72. The smallest absolute Gasteiger partial charge is 0.233 e. The van der Waals surface area contributed by atoms with E-state index in [1.54, 1.807) is 48.5 Å². The van der Waals surface area contributed by atoms with Gasteiger partial charge in [-0.05, 0) is 18.2 Å². The number of aromatic nitrogens is 1. The standard InChI is InChI=1S/C14H10O2.C13H9N/c15-13(11-7-3-1-4-8-11)14(16)12-9-5-2-6-10-12;1-3-7-12-10(5-1)9-11-6-2-4-8-13(11)14-12/h1-10H;1-9H. The van der Waals surface area contributed by atoms with Crippen molar-refractivity contribution in [3.05, 3.63) is 126 Å². The first-order valence-electron chi connectivity index (χ1n) is 9.66. The topological polar surface area (TPSA) is 47.0 Å². The summed E-state index contributed by atoms with van der Waals surface area (Å²) in [6, 6.07) is 35.7. The number of pyridine rings is 1. The van der Waals surface area contributed by atoms with Crippen LogP contribution in [0.3, 0.4) is 0 Å². The molecule has 144 valence electrons. The van der Waals surface area contributed by atoms with E-state index >= 15 is 0 Å². The van der Waals surface area contributed by atoms with E-state index in [-0.39, 0.29) is 0 Å². The first-order chi connectivity index (χ1) is 14.7. The monoisotopic (exact) mass is 389 g/mol. The number of nitrogens with zero attached hydrogens (tertiary/aromatic N) is 1. The quantitative estimate of drug-likeness (QED) is 0.211. The molecule has 0 saturated heterocycles. The second-order valence-corrected chi connectivity index (χ2v) is 6.76. The van der Waals surface area contributed by atoms with E-state index in [2.05, 4.69) is 23.2 Å². The Labute approximate surface area is 174 Å². The maximum Gasteiger partial charge on any atom is 0.233 e. The molecule has 0 fully saturated rings. The van der Waals surface area contributed by atoms with Gasteiger partial charge in [-0.3, -0.25) is 9.59 Å². The summed E-state index contributed by atoms with van der Waals surface area (Å²) < 4.78 is 0. The van der Waals surface area contributed by atoms with Gasteiger partial charge in [-0.1, -0.05) is 97.1 Å². The number of carbonyl (C=O) groups excluding carboxylic acids is 2. The number of hydrogen-bond donors (Lipinski definition) is 0. The van der Waals surface area contributed by atoms with Gasteiger partial charge in [0.15, 0.2) is 0 Å². The lowest BCUT2D eigenvalue weighted by atomic mass is 10.0. The van der Waals surface area contributed by atoms with Crippen LogP contribution in [0.1, 0.15) is 20.7 Å². The van der Waals surface area contributed by atoms with Crippen LogP contribution in [0, 0.1) is 0 Å². The van der Waals surface area contributed by atoms with E-state index in [1.807, 2.05) is 48.5 Å². The van der Waals surface area contributed by atoms with Crippen LogP contribution in [0.25, 0.3) is 21.8 Å². The molecule has 5 aromatic rings. The number of carbonyl (C=O) groups is 2. The van der Waals surface area contributed by atoms with Crippen LogP contribution in [0.15, 0.2) is 115 Å². The average molecular weight is 389 g/mol. The summed E-state index contributed by atoms with van der Waals surface area (Å²) in [5.74, 6) is -0.932. The fraction of sp³-hybridized carbons (Fsp3) is 0. The fourth-order valence-electron chi connectivity index (χ4n) is 3.16. The Morgan fingerprint density at radius 3 is 1.27 bits per heavy atom. The molecular formula is C27H19NO2. The number of Topliss-reactive ketones (excluding diaryl/α,β-unsaturated/α-hetero) is 2. The van der Waals surface area contributed by atoms with Crippen molar-refractivity contribution in [2.24, 2.45) is 0 Å². The van der Waals surface area contributed by atoms with Crippen molar-refractivity contribution < 1.29 is 9.59 Å². The molecule has 30 heavy (non-hydrogen) atoms. The molecule has 0 aliphatic heterocycles. The van der Waals surface area contributed by atoms with Gasteiger partial charge < -0.3 is 0 Å². The molecule has 0 aliphatic rings. The highest BCUT2D eigenvalue weighted by Crippen LogP contribution is 2.18. The minimum absolute atomic E-state index is 0.427. The van der Waals surface area contributed by atoms with Crippen molar-refractivity contribution in [1.82, 2.24) is 4.98 Å². The van der Waals surface area contributed by atoms with Crippen molar-refractivity contribution in [3.8, 4) is 0 Å². The lowest BCUT2D eigenvalue weighted by Crippen LogP contribution is -2.14. The van der Waals surface area contributed by atoms with Gasteiger partial charge in [0.2, 0.25) is 11.6 Å². The third-order valence-electron chi connectivity index (χ3n) is 4.70. The zero-order valence-corrected chi connectivity index (χ0v) is 16.2. The Morgan fingerprint density at radius 1 is 0.467 bits per heavy atom. The molecule has 0 amide bonds. The van der Waals surface area contributed by atoms with Crippen molar-refractivity contribution in [1.29, 1.82) is 0 Å². The van der Waals surface area contributed by atoms with E-state index < -0.39 is 11.6 Å². The van der Waals surface area contributed by atoms with Crippen LogP contribution in [0.4, 0.5) is 0 Å². The SMILES string of the molecule is O=C(C(=O)c1ccccc1)c1ccccc1.c1ccc2nc3ccccc3cc2c1. The van der Waals surface area contributed by atoms with Crippen molar-refractivity contribution in [2.75, 3.05) is 0 Å². The molecule has 0 N–H and O–H groups in total. The van der Waals surface area contributed by atoms with E-state index in [4.69, 9.17) is 0 Å². The largest absolute Gasteiger partial charge is 0.285 e. The van der Waals surface area contributed by atoms with Gasteiger partial charge >= 0.3 is 0 Å². The van der Waals surface area contributed by atoms with Gasteiger partial charge in [-0.25, -0.2) is 4.98 Å². The molecule has 0 bridgehead atoms. The van der Waals surface area contributed by atoms with Gasteiger partial charge in [0.1, 0.15) is 0 Å². The number of ketones is 2. The molecule has 0 atom stereocenters. The number of benzene rings is 4. The van der Waals surface area contributed by atoms with E-state index in [0.717, 1.165) is 11.0 Å². The summed E-state index contributed by atoms with van der Waals surface area (Å²) in [5.41, 5.74) is 2.98. The number of para-hydroxylation sites is 2. The van der Waals surface area contributed by atoms with Crippen molar-refractivity contribution in [2.45, 2.75) is 0 Å². The summed E-state index contributed by atoms with van der Waals surface area (Å²) in [5, 5.41) is 2.40. The van der Waals surface area contributed by atoms with Crippen LogP contribution in [0.5, 0.6) is 0 Å². The zero-order chi connectivity index (χ0) is 20.8. The highest BCUT2D eigenvalue weighted by Gasteiger charge is 2.17. The summed E-state index contributed by atoms with van der Waals surface area (Å²) in [6.07, 6.45) is 0. The summed E-state index contributed by atoms with van der Waals surface area (Å²) in [7, 11) is 0. The second-order valence-electron chi connectivity index (χ2n) is 6.76. The van der Waals surface area contributed by atoms with Gasteiger partial charge in [-0.2, -0.15) is 0 Å². The highest BCUT2D eigenvalue weighted by atomic mass is 16.2. The molecule has 5 rings (SSSR count). The van der Waals surface area contributed by atoms with Gasteiger partial charge in [0, 0.05) is 21.9 Å². The predicted molar refractivity (Wildman–Crippen MR) is 121 cm³/mol. The number of rotatable bonds is 3. The maximum absolute atomic E-state index is 11.8. The Bertz CT molecular complexity index is 1160. The first-order valence-corrected chi connectivity index (χ1v) is 9.66. The molecule has 0 unspecified atom stereocenters. The lowest BCUT2D eigenvalue weighted by molar-refractivity contribution is 0.0817. The van der Waals surface area contributed by atoms with Crippen molar-refractivity contribution >= 4 is 33.4 Å². The zero-order valence-electron chi connectivity index (χ0n) is 16.2.